The lowest BCUT2D eigenvalue weighted by atomic mass is 9.83. The van der Waals surface area contributed by atoms with Gasteiger partial charge in [0.25, 0.3) is 0 Å². The van der Waals surface area contributed by atoms with E-state index in [4.69, 9.17) is 0 Å². The molecule has 2 saturated carbocycles. The van der Waals surface area contributed by atoms with Crippen molar-refractivity contribution in [2.45, 2.75) is 78.3 Å². The van der Waals surface area contributed by atoms with Gasteiger partial charge in [-0.1, -0.05) is 20.3 Å². The van der Waals surface area contributed by atoms with Crippen LogP contribution < -0.4 is 5.32 Å². The molecular weight excluding hydrogens is 206 g/mol. The van der Waals surface area contributed by atoms with Gasteiger partial charge in [-0.25, -0.2) is 0 Å². The zero-order valence-electron chi connectivity index (χ0n) is 12.2. The van der Waals surface area contributed by atoms with Crippen molar-refractivity contribution in [2.75, 3.05) is 0 Å². The van der Waals surface area contributed by atoms with Crippen LogP contribution in [-0.4, -0.2) is 12.1 Å². The van der Waals surface area contributed by atoms with Crippen molar-refractivity contribution in [1.82, 2.24) is 5.32 Å². The Balaban J connectivity index is 1.71. The van der Waals surface area contributed by atoms with Gasteiger partial charge in [0.15, 0.2) is 0 Å². The molecule has 1 heteroatoms. The molecular formula is C16H31N. The summed E-state index contributed by atoms with van der Waals surface area (Å²) in [4.78, 5) is 0. The van der Waals surface area contributed by atoms with Crippen molar-refractivity contribution in [3.05, 3.63) is 0 Å². The minimum atomic E-state index is 0.700. The van der Waals surface area contributed by atoms with Gasteiger partial charge in [-0.15, -0.1) is 0 Å². The average molecular weight is 237 g/mol. The van der Waals surface area contributed by atoms with Gasteiger partial charge >= 0.3 is 0 Å². The second kappa shape index (κ2) is 5.73. The molecule has 0 radical (unpaired) electrons. The molecule has 1 nitrogen and oxygen atoms in total. The maximum Gasteiger partial charge on any atom is 0.00722 e. The normalized spacial score (nSPS) is 35.5. The van der Waals surface area contributed by atoms with Crippen molar-refractivity contribution >= 4 is 0 Å². The van der Waals surface area contributed by atoms with Crippen LogP contribution in [0.4, 0.5) is 0 Å². The fraction of sp³-hybridized carbons (Fsp3) is 1.00. The minimum Gasteiger partial charge on any atom is -0.311 e. The van der Waals surface area contributed by atoms with E-state index in [9.17, 15) is 0 Å². The first-order chi connectivity index (χ1) is 8.06. The molecule has 0 aromatic rings. The molecule has 0 saturated heterocycles. The van der Waals surface area contributed by atoms with Gasteiger partial charge in [0.05, 0.1) is 0 Å². The summed E-state index contributed by atoms with van der Waals surface area (Å²) in [6.07, 6.45) is 8.78. The number of rotatable bonds is 6. The van der Waals surface area contributed by atoms with Crippen molar-refractivity contribution in [3.8, 4) is 0 Å². The number of nitrogens with one attached hydrogen (secondary N) is 1. The smallest absolute Gasteiger partial charge is 0.00722 e. The highest BCUT2D eigenvalue weighted by atomic mass is 14.9. The fourth-order valence-corrected chi connectivity index (χ4v) is 4.15. The monoisotopic (exact) mass is 237 g/mol. The predicted molar refractivity (Wildman–Crippen MR) is 75.1 cm³/mol. The maximum absolute atomic E-state index is 3.86. The van der Waals surface area contributed by atoms with E-state index in [2.05, 4.69) is 33.0 Å². The van der Waals surface area contributed by atoms with Gasteiger partial charge in [0, 0.05) is 12.1 Å². The molecule has 5 unspecified atom stereocenters. The third kappa shape index (κ3) is 3.47. The van der Waals surface area contributed by atoms with Crippen molar-refractivity contribution in [1.29, 1.82) is 0 Å². The van der Waals surface area contributed by atoms with E-state index in [1.807, 2.05) is 0 Å². The van der Waals surface area contributed by atoms with Crippen LogP contribution in [0.25, 0.3) is 0 Å². The number of hydrogen-bond acceptors (Lipinski definition) is 1. The van der Waals surface area contributed by atoms with E-state index in [-0.39, 0.29) is 0 Å². The third-order valence-corrected chi connectivity index (χ3v) is 5.16. The van der Waals surface area contributed by atoms with Gasteiger partial charge in [-0.3, -0.25) is 0 Å². The number of fused-ring (bicyclic) bond motifs is 2. The molecule has 0 aliphatic heterocycles. The Labute approximate surface area is 108 Å². The fourth-order valence-electron chi connectivity index (χ4n) is 4.15. The van der Waals surface area contributed by atoms with Crippen molar-refractivity contribution in [2.24, 2.45) is 23.7 Å². The average Bonchev–Trinajstić information content (AvgIpc) is 2.87. The van der Waals surface area contributed by atoms with Crippen LogP contribution in [0.1, 0.15) is 66.2 Å². The second-order valence-electron chi connectivity index (χ2n) is 7.17. The Bertz CT molecular complexity index is 236. The Morgan fingerprint density at radius 2 is 1.76 bits per heavy atom. The molecule has 0 aromatic heterocycles. The lowest BCUT2D eigenvalue weighted by Gasteiger charge is -2.31. The van der Waals surface area contributed by atoms with Crippen LogP contribution in [0.2, 0.25) is 0 Å². The van der Waals surface area contributed by atoms with E-state index in [1.165, 1.54) is 38.5 Å². The standard InChI is InChI=1S/C16H31N/c1-11(2)5-6-12(3)17-13(4)16-10-14-7-8-15(16)9-14/h11-17H,5-10H2,1-4H3. The molecule has 0 spiro atoms. The topological polar surface area (TPSA) is 12.0 Å². The predicted octanol–water partition coefficient (Wildman–Crippen LogP) is 4.23. The quantitative estimate of drug-likeness (QED) is 0.729. The highest BCUT2D eigenvalue weighted by molar-refractivity contribution is 4.94. The zero-order valence-corrected chi connectivity index (χ0v) is 12.2. The van der Waals surface area contributed by atoms with E-state index in [1.54, 1.807) is 0 Å². The third-order valence-electron chi connectivity index (χ3n) is 5.16. The summed E-state index contributed by atoms with van der Waals surface area (Å²) in [5.74, 6) is 3.97. The Kier molecular flexibility index (Phi) is 4.52. The van der Waals surface area contributed by atoms with Crippen LogP contribution in [0.3, 0.4) is 0 Å². The maximum atomic E-state index is 3.86. The largest absolute Gasteiger partial charge is 0.311 e. The Morgan fingerprint density at radius 1 is 1.00 bits per heavy atom. The molecule has 2 aliphatic carbocycles. The lowest BCUT2D eigenvalue weighted by Crippen LogP contribution is -2.41. The zero-order chi connectivity index (χ0) is 12.4. The van der Waals surface area contributed by atoms with Crippen LogP contribution in [-0.2, 0) is 0 Å². The summed E-state index contributed by atoms with van der Waals surface area (Å²) in [6.45, 7) is 9.45. The molecule has 2 rings (SSSR count). The molecule has 0 aromatic carbocycles. The first-order valence-electron chi connectivity index (χ1n) is 7.82. The lowest BCUT2D eigenvalue weighted by molar-refractivity contribution is 0.243. The highest BCUT2D eigenvalue weighted by Gasteiger charge is 2.41. The Hall–Kier alpha value is -0.0400. The molecule has 2 bridgehead atoms. The minimum absolute atomic E-state index is 0.700. The SMILES string of the molecule is CC(C)CCC(C)NC(C)C1CC2CCC1C2. The van der Waals surface area contributed by atoms with E-state index in [0.717, 1.165) is 29.7 Å². The first-order valence-corrected chi connectivity index (χ1v) is 7.82. The first kappa shape index (κ1) is 13.4. The summed E-state index contributed by atoms with van der Waals surface area (Å²) in [6, 6.07) is 1.44. The molecule has 5 atom stereocenters. The van der Waals surface area contributed by atoms with Gasteiger partial charge in [-0.2, -0.15) is 0 Å². The molecule has 2 aliphatic rings. The molecule has 0 amide bonds. The summed E-state index contributed by atoms with van der Waals surface area (Å²) in [5, 5.41) is 3.86. The van der Waals surface area contributed by atoms with Crippen LogP contribution in [0, 0.1) is 23.7 Å². The van der Waals surface area contributed by atoms with Crippen LogP contribution in [0.15, 0.2) is 0 Å². The van der Waals surface area contributed by atoms with Crippen molar-refractivity contribution < 1.29 is 0 Å². The molecule has 100 valence electrons. The van der Waals surface area contributed by atoms with E-state index in [0.29, 0.717) is 6.04 Å². The summed E-state index contributed by atoms with van der Waals surface area (Å²) >= 11 is 0. The molecule has 0 heterocycles. The summed E-state index contributed by atoms with van der Waals surface area (Å²) in [5.41, 5.74) is 0. The molecule has 17 heavy (non-hydrogen) atoms. The van der Waals surface area contributed by atoms with Gasteiger partial charge in [-0.05, 0) is 69.6 Å². The highest BCUT2D eigenvalue weighted by Crippen LogP contribution is 2.49. The van der Waals surface area contributed by atoms with E-state index >= 15 is 0 Å². The van der Waals surface area contributed by atoms with Gasteiger partial charge in [0.1, 0.15) is 0 Å². The molecule has 1 N–H and O–H groups in total. The second-order valence-corrected chi connectivity index (χ2v) is 7.17. The summed E-state index contributed by atoms with van der Waals surface area (Å²) in [7, 11) is 0. The Morgan fingerprint density at radius 3 is 2.29 bits per heavy atom. The molecule has 2 fully saturated rings. The summed E-state index contributed by atoms with van der Waals surface area (Å²) < 4.78 is 0. The van der Waals surface area contributed by atoms with E-state index < -0.39 is 0 Å². The van der Waals surface area contributed by atoms with Crippen LogP contribution in [0.5, 0.6) is 0 Å². The van der Waals surface area contributed by atoms with Gasteiger partial charge in [0.2, 0.25) is 0 Å². The van der Waals surface area contributed by atoms with Crippen molar-refractivity contribution in [3.63, 3.8) is 0 Å². The van der Waals surface area contributed by atoms with Crippen LogP contribution >= 0.6 is 0 Å². The van der Waals surface area contributed by atoms with Gasteiger partial charge < -0.3 is 5.32 Å². The number of hydrogen-bond donors (Lipinski definition) is 1.